The summed E-state index contributed by atoms with van der Waals surface area (Å²) in [5.41, 5.74) is 4.98. The van der Waals surface area contributed by atoms with Gasteiger partial charge in [-0.1, -0.05) is 25.4 Å². The summed E-state index contributed by atoms with van der Waals surface area (Å²) < 4.78 is 58.6. The standard InChI is InChI=1S/C12H21N.C3H2ClF5O/c1-10-3-9-4-11(2,6-10)8-12(13,5-9)7-10;4-1(3(7,8)9)10-2(5)6/h9H,3-8,13H2,1-2H3;1-2H/t9?,10-,11+,12?;. The van der Waals surface area contributed by atoms with E-state index in [0.717, 1.165) is 5.92 Å². The minimum absolute atomic E-state index is 0.225. The van der Waals surface area contributed by atoms with Crippen LogP contribution in [0.25, 0.3) is 0 Å². The van der Waals surface area contributed by atoms with Gasteiger partial charge in [0, 0.05) is 5.54 Å². The van der Waals surface area contributed by atoms with Gasteiger partial charge in [0.25, 0.3) is 0 Å². The SMILES string of the molecule is C[C@]12CC3CC(N)(C1)C[C@@](C)(C3)C2.FC(F)OC(Cl)C(F)(F)F. The van der Waals surface area contributed by atoms with E-state index in [1.165, 1.54) is 38.5 Å². The molecule has 0 saturated heterocycles. The zero-order valence-electron chi connectivity index (χ0n) is 13.2. The van der Waals surface area contributed by atoms with Crippen molar-refractivity contribution in [3.05, 3.63) is 0 Å². The molecule has 8 heteroatoms. The average Bonchev–Trinajstić information content (AvgIpc) is 2.19. The maximum Gasteiger partial charge on any atom is 0.428 e. The first-order chi connectivity index (χ1) is 10.2. The number of rotatable bonds is 2. The molecule has 0 heterocycles. The summed E-state index contributed by atoms with van der Waals surface area (Å²) in [6, 6.07) is 0. The molecule has 0 aromatic rings. The van der Waals surface area contributed by atoms with E-state index in [2.05, 4.69) is 30.2 Å². The largest absolute Gasteiger partial charge is 0.428 e. The number of halogens is 6. The monoisotopic (exact) mass is 363 g/mol. The van der Waals surface area contributed by atoms with Gasteiger partial charge in [0.05, 0.1) is 0 Å². The fraction of sp³-hybridized carbons (Fsp3) is 1.00. The highest BCUT2D eigenvalue weighted by Crippen LogP contribution is 2.65. The molecule has 2 nitrogen and oxygen atoms in total. The van der Waals surface area contributed by atoms with Crippen LogP contribution >= 0.6 is 11.6 Å². The molecule has 0 aliphatic heterocycles. The first-order valence-corrected chi connectivity index (χ1v) is 8.11. The number of alkyl halides is 6. The summed E-state index contributed by atoms with van der Waals surface area (Å²) >= 11 is 4.32. The molecule has 4 aliphatic carbocycles. The average molecular weight is 364 g/mol. The van der Waals surface area contributed by atoms with E-state index in [1.54, 1.807) is 0 Å². The summed E-state index contributed by atoms with van der Waals surface area (Å²) in [6.45, 7) is 1.43. The summed E-state index contributed by atoms with van der Waals surface area (Å²) in [5, 5.41) is 0. The van der Waals surface area contributed by atoms with Crippen molar-refractivity contribution in [2.24, 2.45) is 22.5 Å². The van der Waals surface area contributed by atoms with Crippen LogP contribution in [0.4, 0.5) is 22.0 Å². The lowest BCUT2D eigenvalue weighted by molar-refractivity contribution is -0.246. The van der Waals surface area contributed by atoms with Gasteiger partial charge < -0.3 is 5.73 Å². The molecule has 4 fully saturated rings. The highest BCUT2D eigenvalue weighted by atomic mass is 35.5. The van der Waals surface area contributed by atoms with E-state index in [-0.39, 0.29) is 5.54 Å². The number of ether oxygens (including phenoxy) is 1. The van der Waals surface area contributed by atoms with Gasteiger partial charge in [0.15, 0.2) is 0 Å². The van der Waals surface area contributed by atoms with Gasteiger partial charge in [0.1, 0.15) is 0 Å². The van der Waals surface area contributed by atoms with Crippen molar-refractivity contribution in [3.8, 4) is 0 Å². The fourth-order valence-electron chi connectivity index (χ4n) is 5.70. The van der Waals surface area contributed by atoms with Crippen molar-refractivity contribution in [2.75, 3.05) is 0 Å². The van der Waals surface area contributed by atoms with Crippen LogP contribution in [0.1, 0.15) is 52.4 Å². The third-order valence-corrected chi connectivity index (χ3v) is 5.50. The Bertz CT molecular complexity index is 393. The van der Waals surface area contributed by atoms with Crippen molar-refractivity contribution in [1.29, 1.82) is 0 Å². The minimum atomic E-state index is -4.95. The van der Waals surface area contributed by atoms with E-state index >= 15 is 0 Å². The molecule has 0 spiro atoms. The molecular formula is C15H23ClF5NO. The van der Waals surface area contributed by atoms with E-state index in [4.69, 9.17) is 5.73 Å². The zero-order chi connectivity index (χ0) is 17.7. The van der Waals surface area contributed by atoms with Crippen LogP contribution in [0.3, 0.4) is 0 Å². The Morgan fingerprint density at radius 3 is 1.78 bits per heavy atom. The van der Waals surface area contributed by atoms with Crippen LogP contribution in [0, 0.1) is 16.7 Å². The van der Waals surface area contributed by atoms with Gasteiger partial charge in [0.2, 0.25) is 5.56 Å². The molecule has 2 N–H and O–H groups in total. The van der Waals surface area contributed by atoms with Crippen molar-refractivity contribution in [2.45, 2.75) is 76.3 Å². The lowest BCUT2D eigenvalue weighted by Gasteiger charge is -2.64. The van der Waals surface area contributed by atoms with Gasteiger partial charge in [-0.3, -0.25) is 4.74 Å². The van der Waals surface area contributed by atoms with Crippen LogP contribution in [0.15, 0.2) is 0 Å². The van der Waals surface area contributed by atoms with Crippen molar-refractivity contribution < 1.29 is 26.7 Å². The lowest BCUT2D eigenvalue weighted by Crippen LogP contribution is -2.62. The van der Waals surface area contributed by atoms with E-state index in [0.29, 0.717) is 10.8 Å². The summed E-state index contributed by atoms with van der Waals surface area (Å²) in [6.07, 6.45) is 3.33. The Labute approximate surface area is 137 Å². The second-order valence-electron chi connectivity index (χ2n) is 8.25. The van der Waals surface area contributed by atoms with Gasteiger partial charge >= 0.3 is 12.8 Å². The molecule has 0 aromatic heterocycles. The first-order valence-electron chi connectivity index (χ1n) is 7.68. The predicted octanol–water partition coefficient (Wildman–Crippen LogP) is 5.05. The van der Waals surface area contributed by atoms with E-state index in [1.807, 2.05) is 0 Å². The molecule has 4 bridgehead atoms. The van der Waals surface area contributed by atoms with E-state index < -0.39 is 18.4 Å². The number of hydrogen-bond donors (Lipinski definition) is 1. The molecule has 136 valence electrons. The van der Waals surface area contributed by atoms with Crippen molar-refractivity contribution in [1.82, 2.24) is 0 Å². The zero-order valence-corrected chi connectivity index (χ0v) is 14.0. The van der Waals surface area contributed by atoms with Crippen LogP contribution in [-0.2, 0) is 4.74 Å². The van der Waals surface area contributed by atoms with Crippen LogP contribution < -0.4 is 5.73 Å². The molecular weight excluding hydrogens is 341 g/mol. The summed E-state index contributed by atoms with van der Waals surface area (Å²) in [5.74, 6) is 0.955. The summed E-state index contributed by atoms with van der Waals surface area (Å²) in [4.78, 5) is 0. The lowest BCUT2D eigenvalue weighted by atomic mass is 9.43. The van der Waals surface area contributed by atoms with Gasteiger partial charge in [-0.05, 0) is 55.3 Å². The van der Waals surface area contributed by atoms with Gasteiger partial charge in [-0.2, -0.15) is 22.0 Å². The van der Waals surface area contributed by atoms with Crippen LogP contribution in [0.2, 0.25) is 0 Å². The quantitative estimate of drug-likeness (QED) is 0.550. The maximum absolute atomic E-state index is 11.2. The third kappa shape index (κ3) is 4.69. The van der Waals surface area contributed by atoms with E-state index in [9.17, 15) is 22.0 Å². The molecule has 5 atom stereocenters. The molecule has 0 amide bonds. The Balaban J connectivity index is 0.000000175. The molecule has 23 heavy (non-hydrogen) atoms. The second kappa shape index (κ2) is 5.99. The predicted molar refractivity (Wildman–Crippen MR) is 77.1 cm³/mol. The summed E-state index contributed by atoms with van der Waals surface area (Å²) in [7, 11) is 0. The number of hydrogen-bond acceptors (Lipinski definition) is 2. The topological polar surface area (TPSA) is 35.2 Å². The highest BCUT2D eigenvalue weighted by molar-refractivity contribution is 6.20. The number of nitrogens with two attached hydrogens (primary N) is 1. The molecule has 4 rings (SSSR count). The smallest absolute Gasteiger partial charge is 0.325 e. The Hall–Kier alpha value is -0.140. The van der Waals surface area contributed by atoms with Crippen molar-refractivity contribution in [3.63, 3.8) is 0 Å². The Morgan fingerprint density at radius 2 is 1.52 bits per heavy atom. The maximum atomic E-state index is 11.2. The Kier molecular flexibility index (Phi) is 4.99. The molecule has 3 unspecified atom stereocenters. The Morgan fingerprint density at radius 1 is 1.04 bits per heavy atom. The molecule has 4 aliphatic rings. The van der Waals surface area contributed by atoms with Gasteiger partial charge in [-0.15, -0.1) is 0 Å². The highest BCUT2D eigenvalue weighted by Gasteiger charge is 2.58. The third-order valence-electron chi connectivity index (χ3n) is 5.15. The normalized spacial score (nSPS) is 43.3. The van der Waals surface area contributed by atoms with Gasteiger partial charge in [-0.25, -0.2) is 0 Å². The molecule has 0 radical (unpaired) electrons. The minimum Gasteiger partial charge on any atom is -0.325 e. The van der Waals surface area contributed by atoms with Crippen molar-refractivity contribution >= 4 is 11.6 Å². The fourth-order valence-corrected chi connectivity index (χ4v) is 5.78. The second-order valence-corrected chi connectivity index (χ2v) is 8.64. The van der Waals surface area contributed by atoms with Crippen LogP contribution in [0.5, 0.6) is 0 Å². The molecule has 0 aromatic carbocycles. The molecule has 4 saturated carbocycles. The van der Waals surface area contributed by atoms with Crippen LogP contribution in [-0.4, -0.2) is 23.9 Å². The first kappa shape index (κ1) is 19.2.